The van der Waals surface area contributed by atoms with Gasteiger partial charge in [-0.1, -0.05) is 12.8 Å². The monoisotopic (exact) mass is 321 g/mol. The van der Waals surface area contributed by atoms with Crippen molar-refractivity contribution < 1.29 is 4.79 Å². The van der Waals surface area contributed by atoms with Crippen LogP contribution < -0.4 is 5.73 Å². The van der Waals surface area contributed by atoms with Gasteiger partial charge in [-0.3, -0.25) is 4.79 Å². The third-order valence-electron chi connectivity index (χ3n) is 5.20. The Morgan fingerprint density at radius 1 is 1.32 bits per heavy atom. The minimum absolute atomic E-state index is 0.159. The van der Waals surface area contributed by atoms with Crippen LogP contribution in [0.25, 0.3) is 0 Å². The quantitative estimate of drug-likeness (QED) is 0.929. The maximum Gasteiger partial charge on any atom is 0.265 e. The molecule has 2 heterocycles. The van der Waals surface area contributed by atoms with Gasteiger partial charge in [-0.15, -0.1) is 11.3 Å². The van der Waals surface area contributed by atoms with Crippen molar-refractivity contribution in [3.05, 3.63) is 15.6 Å². The molecule has 0 bridgehead atoms. The van der Waals surface area contributed by atoms with Gasteiger partial charge in [0.15, 0.2) is 0 Å². The molecule has 1 aliphatic heterocycles. The van der Waals surface area contributed by atoms with E-state index in [1.165, 1.54) is 30.7 Å². The van der Waals surface area contributed by atoms with Crippen LogP contribution in [0.1, 0.15) is 71.7 Å². The first kappa shape index (κ1) is 15.9. The van der Waals surface area contributed by atoms with Crippen LogP contribution >= 0.6 is 11.3 Å². The number of hydrogen-bond acceptors (Lipinski definition) is 4. The van der Waals surface area contributed by atoms with Crippen LogP contribution in [0.5, 0.6) is 0 Å². The highest BCUT2D eigenvalue weighted by atomic mass is 32.1. The summed E-state index contributed by atoms with van der Waals surface area (Å²) in [5.41, 5.74) is 6.95. The van der Waals surface area contributed by atoms with Gasteiger partial charge in [-0.2, -0.15) is 0 Å². The van der Waals surface area contributed by atoms with Gasteiger partial charge < -0.3 is 10.6 Å². The van der Waals surface area contributed by atoms with Crippen molar-refractivity contribution in [1.82, 2.24) is 9.88 Å². The molecule has 1 aromatic heterocycles. The van der Waals surface area contributed by atoms with E-state index in [2.05, 4.69) is 6.92 Å². The Morgan fingerprint density at radius 2 is 2.05 bits per heavy atom. The predicted molar refractivity (Wildman–Crippen MR) is 90.3 cm³/mol. The van der Waals surface area contributed by atoms with Crippen LogP contribution in [0.3, 0.4) is 0 Å². The van der Waals surface area contributed by atoms with Crippen LogP contribution in [0, 0.1) is 12.8 Å². The Kier molecular flexibility index (Phi) is 4.83. The summed E-state index contributed by atoms with van der Waals surface area (Å²) >= 11 is 1.63. The van der Waals surface area contributed by atoms with Crippen molar-refractivity contribution >= 4 is 17.2 Å². The maximum atomic E-state index is 12.9. The number of nitrogens with zero attached hydrogens (tertiary/aromatic N) is 2. The van der Waals surface area contributed by atoms with E-state index in [-0.39, 0.29) is 11.9 Å². The molecule has 3 rings (SSSR count). The number of hydrogen-bond donors (Lipinski definition) is 1. The number of carbonyl (C=O) groups is 1. The zero-order valence-electron chi connectivity index (χ0n) is 13.7. The molecule has 122 valence electrons. The van der Waals surface area contributed by atoms with Gasteiger partial charge >= 0.3 is 0 Å². The number of amides is 1. The highest BCUT2D eigenvalue weighted by Crippen LogP contribution is 2.37. The summed E-state index contributed by atoms with van der Waals surface area (Å²) in [6.45, 7) is 5.69. The third-order valence-corrected chi connectivity index (χ3v) is 6.51. The average Bonchev–Trinajstić information content (AvgIpc) is 3.16. The van der Waals surface area contributed by atoms with E-state index in [4.69, 9.17) is 10.7 Å². The van der Waals surface area contributed by atoms with Crippen LogP contribution in [0.15, 0.2) is 0 Å². The Hall–Kier alpha value is -0.940. The van der Waals surface area contributed by atoms with Crippen LogP contribution in [0.2, 0.25) is 0 Å². The van der Waals surface area contributed by atoms with Crippen molar-refractivity contribution in [3.8, 4) is 0 Å². The molecule has 22 heavy (non-hydrogen) atoms. The molecule has 1 aromatic rings. The molecule has 4 nitrogen and oxygen atoms in total. The van der Waals surface area contributed by atoms with E-state index in [1.54, 1.807) is 11.3 Å². The standard InChI is InChI=1S/C17H27N3OS/c1-11(18)14-8-5-9-20(10-14)17(21)15-12(2)19-16(22-15)13-6-3-4-7-13/h11,13-14H,3-10,18H2,1-2H3/t11-,14+/m0/s1. The molecule has 0 radical (unpaired) electrons. The number of aromatic nitrogens is 1. The molecule has 1 aliphatic carbocycles. The molecule has 2 N–H and O–H groups in total. The van der Waals surface area contributed by atoms with Gasteiger partial charge in [-0.25, -0.2) is 4.98 Å². The van der Waals surface area contributed by atoms with E-state index in [9.17, 15) is 4.79 Å². The topological polar surface area (TPSA) is 59.2 Å². The molecule has 2 aliphatic rings. The molecule has 0 aromatic carbocycles. The number of carbonyl (C=O) groups excluding carboxylic acids is 1. The van der Waals surface area contributed by atoms with E-state index in [1.807, 2.05) is 11.8 Å². The molecule has 0 unspecified atom stereocenters. The number of aryl methyl sites for hydroxylation is 1. The molecule has 1 saturated carbocycles. The van der Waals surface area contributed by atoms with E-state index < -0.39 is 0 Å². The van der Waals surface area contributed by atoms with Gasteiger partial charge in [0.25, 0.3) is 5.91 Å². The number of thiazole rings is 1. The highest BCUT2D eigenvalue weighted by Gasteiger charge is 2.30. The van der Waals surface area contributed by atoms with E-state index in [0.717, 1.165) is 36.5 Å². The number of piperidine rings is 1. The molecular formula is C17H27N3OS. The SMILES string of the molecule is Cc1nc(C2CCCC2)sc1C(=O)N1CCC[C@@H]([C@H](C)N)C1. The minimum Gasteiger partial charge on any atom is -0.338 e. The first-order chi connectivity index (χ1) is 10.6. The number of rotatable bonds is 3. The Balaban J connectivity index is 1.74. The zero-order valence-corrected chi connectivity index (χ0v) is 14.5. The maximum absolute atomic E-state index is 12.9. The molecule has 5 heteroatoms. The first-order valence-corrected chi connectivity index (χ1v) is 9.40. The minimum atomic E-state index is 0.159. The average molecular weight is 321 g/mol. The van der Waals surface area contributed by atoms with Crippen molar-refractivity contribution in [1.29, 1.82) is 0 Å². The molecule has 1 amide bonds. The second-order valence-corrected chi connectivity index (χ2v) is 7.99. The fraction of sp³-hybridized carbons (Fsp3) is 0.765. The molecular weight excluding hydrogens is 294 g/mol. The second kappa shape index (κ2) is 6.67. The van der Waals surface area contributed by atoms with Crippen LogP contribution in [0.4, 0.5) is 0 Å². The second-order valence-electron chi connectivity index (χ2n) is 6.96. The summed E-state index contributed by atoms with van der Waals surface area (Å²) in [6, 6.07) is 0.159. The number of nitrogens with two attached hydrogens (primary N) is 1. The van der Waals surface area contributed by atoms with Gasteiger partial charge in [0.2, 0.25) is 0 Å². The summed E-state index contributed by atoms with van der Waals surface area (Å²) in [5.74, 6) is 1.19. The fourth-order valence-corrected chi connectivity index (χ4v) is 4.93. The Morgan fingerprint density at radius 3 is 2.73 bits per heavy atom. The zero-order chi connectivity index (χ0) is 15.7. The summed E-state index contributed by atoms with van der Waals surface area (Å²) in [7, 11) is 0. The summed E-state index contributed by atoms with van der Waals surface area (Å²) in [6.07, 6.45) is 7.26. The van der Waals surface area contributed by atoms with Crippen molar-refractivity contribution in [2.75, 3.05) is 13.1 Å². The molecule has 0 spiro atoms. The normalized spacial score (nSPS) is 24.7. The lowest BCUT2D eigenvalue weighted by molar-refractivity contribution is 0.0665. The van der Waals surface area contributed by atoms with E-state index in [0.29, 0.717) is 11.8 Å². The van der Waals surface area contributed by atoms with Crippen molar-refractivity contribution in [2.24, 2.45) is 11.7 Å². The third kappa shape index (κ3) is 3.20. The van der Waals surface area contributed by atoms with Gasteiger partial charge in [-0.05, 0) is 45.4 Å². The van der Waals surface area contributed by atoms with Gasteiger partial charge in [0.05, 0.1) is 10.7 Å². The lowest BCUT2D eigenvalue weighted by atomic mass is 9.92. The molecule has 2 fully saturated rings. The first-order valence-electron chi connectivity index (χ1n) is 8.58. The lowest BCUT2D eigenvalue weighted by Gasteiger charge is -2.34. The van der Waals surface area contributed by atoms with Crippen molar-refractivity contribution in [2.45, 2.75) is 64.3 Å². The summed E-state index contributed by atoms with van der Waals surface area (Å²) in [5, 5.41) is 1.18. The Labute approximate surface area is 137 Å². The van der Waals surface area contributed by atoms with Crippen LogP contribution in [-0.4, -0.2) is 34.9 Å². The largest absolute Gasteiger partial charge is 0.338 e. The van der Waals surface area contributed by atoms with Gasteiger partial charge in [0, 0.05) is 25.0 Å². The molecule has 2 atom stereocenters. The summed E-state index contributed by atoms with van der Waals surface area (Å²) in [4.78, 5) is 20.4. The number of likely N-dealkylation sites (tertiary alicyclic amines) is 1. The van der Waals surface area contributed by atoms with Gasteiger partial charge in [0.1, 0.15) is 4.88 Å². The molecule has 1 saturated heterocycles. The summed E-state index contributed by atoms with van der Waals surface area (Å²) < 4.78 is 0. The van der Waals surface area contributed by atoms with Crippen LogP contribution in [-0.2, 0) is 0 Å². The van der Waals surface area contributed by atoms with E-state index >= 15 is 0 Å². The smallest absolute Gasteiger partial charge is 0.265 e. The van der Waals surface area contributed by atoms with Crippen molar-refractivity contribution in [3.63, 3.8) is 0 Å². The lowest BCUT2D eigenvalue weighted by Crippen LogP contribution is -2.45. The predicted octanol–water partition coefficient (Wildman–Crippen LogP) is 3.31. The fourth-order valence-electron chi connectivity index (χ4n) is 3.73. The highest BCUT2D eigenvalue weighted by molar-refractivity contribution is 7.13. The Bertz CT molecular complexity index is 534.